The fourth-order valence-electron chi connectivity index (χ4n) is 2.64. The summed E-state index contributed by atoms with van der Waals surface area (Å²) in [7, 11) is 0. The smallest absolute Gasteiger partial charge is 0.287 e. The summed E-state index contributed by atoms with van der Waals surface area (Å²) in [5.41, 5.74) is 2.58. The zero-order valence-electron chi connectivity index (χ0n) is 14.7. The topological polar surface area (TPSA) is 74.5 Å². The molecule has 2 aromatic carbocycles. The Morgan fingerprint density at radius 2 is 1.81 bits per heavy atom. The van der Waals surface area contributed by atoms with Gasteiger partial charge < -0.3 is 20.2 Å². The van der Waals surface area contributed by atoms with Crippen molar-refractivity contribution < 1.29 is 14.3 Å². The first-order valence-electron chi connectivity index (χ1n) is 8.58. The molecule has 0 radical (unpaired) electrons. The molecule has 26 heavy (non-hydrogen) atoms. The Morgan fingerprint density at radius 1 is 1.08 bits per heavy atom. The third-order valence-corrected chi connectivity index (χ3v) is 4.08. The van der Waals surface area contributed by atoms with E-state index in [-0.39, 0.29) is 5.91 Å². The molecule has 0 atom stereocenters. The van der Waals surface area contributed by atoms with E-state index in [2.05, 4.69) is 10.6 Å². The molecule has 3 aromatic rings. The lowest BCUT2D eigenvalue weighted by Crippen LogP contribution is -2.31. The number of aromatic hydroxyl groups is 1. The van der Waals surface area contributed by atoms with Gasteiger partial charge in [0.15, 0.2) is 5.76 Å². The van der Waals surface area contributed by atoms with Gasteiger partial charge in [0.25, 0.3) is 5.91 Å². The van der Waals surface area contributed by atoms with E-state index in [0.717, 1.165) is 16.6 Å². The van der Waals surface area contributed by atoms with Crippen LogP contribution in [0.3, 0.4) is 0 Å². The Bertz CT molecular complexity index is 895. The minimum absolute atomic E-state index is 0.223. The number of para-hydroxylation sites is 2. The molecule has 3 rings (SSSR count). The largest absolute Gasteiger partial charge is 0.508 e. The molecule has 0 saturated carbocycles. The molecule has 0 aliphatic rings. The lowest BCUT2D eigenvalue weighted by atomic mass is 10.1. The highest BCUT2D eigenvalue weighted by molar-refractivity contribution is 5.96. The maximum Gasteiger partial charge on any atom is 0.287 e. The summed E-state index contributed by atoms with van der Waals surface area (Å²) in [6, 6.07) is 16.6. The number of fused-ring (bicyclic) bond motifs is 1. The lowest BCUT2D eigenvalue weighted by molar-refractivity contribution is 0.0928. The van der Waals surface area contributed by atoms with Crippen molar-refractivity contribution in [3.05, 3.63) is 77.7 Å². The van der Waals surface area contributed by atoms with Crippen LogP contribution in [-0.2, 0) is 6.42 Å². The van der Waals surface area contributed by atoms with Crippen LogP contribution in [-0.4, -0.2) is 24.1 Å². The number of benzene rings is 2. The summed E-state index contributed by atoms with van der Waals surface area (Å²) in [5, 5.41) is 16.7. The number of phenolic OH excluding ortho intramolecular Hbond substituents is 1. The molecule has 0 bridgehead atoms. The quantitative estimate of drug-likeness (QED) is 0.569. The standard InChI is InChI=1S/C21H22N2O3/c1-15(10-11-16-6-2-4-8-18(16)24)22-12-13-23-21(25)20-14-17-7-3-5-9-19(17)26-20/h2-10,14,22,24H,11-13H2,1H3,(H,23,25)/b15-10+. The summed E-state index contributed by atoms with van der Waals surface area (Å²) >= 11 is 0. The van der Waals surface area contributed by atoms with Gasteiger partial charge in [-0.1, -0.05) is 42.5 Å². The van der Waals surface area contributed by atoms with Crippen molar-refractivity contribution in [2.75, 3.05) is 13.1 Å². The van der Waals surface area contributed by atoms with E-state index in [1.165, 1.54) is 0 Å². The Balaban J connectivity index is 1.43. The predicted molar refractivity (Wildman–Crippen MR) is 102 cm³/mol. The normalized spacial score (nSPS) is 11.5. The summed E-state index contributed by atoms with van der Waals surface area (Å²) in [6.07, 6.45) is 2.66. The number of hydrogen-bond donors (Lipinski definition) is 3. The monoisotopic (exact) mass is 350 g/mol. The Labute approximate surface area is 152 Å². The van der Waals surface area contributed by atoms with Crippen molar-refractivity contribution >= 4 is 16.9 Å². The number of phenols is 1. The molecule has 3 N–H and O–H groups in total. The van der Waals surface area contributed by atoms with Crippen LogP contribution in [0, 0.1) is 0 Å². The minimum atomic E-state index is -0.223. The van der Waals surface area contributed by atoms with E-state index in [4.69, 9.17) is 4.42 Å². The number of nitrogens with one attached hydrogen (secondary N) is 2. The number of rotatable bonds is 7. The van der Waals surface area contributed by atoms with Gasteiger partial charge in [-0.3, -0.25) is 4.79 Å². The van der Waals surface area contributed by atoms with E-state index in [0.29, 0.717) is 36.6 Å². The van der Waals surface area contributed by atoms with Gasteiger partial charge in [-0.05, 0) is 37.1 Å². The van der Waals surface area contributed by atoms with Crippen LogP contribution < -0.4 is 10.6 Å². The molecule has 1 heterocycles. The van der Waals surface area contributed by atoms with Crippen LogP contribution in [0.25, 0.3) is 11.0 Å². The molecule has 0 fully saturated rings. The highest BCUT2D eigenvalue weighted by Crippen LogP contribution is 2.18. The Morgan fingerprint density at radius 3 is 2.62 bits per heavy atom. The number of carbonyl (C=O) groups excluding carboxylic acids is 1. The van der Waals surface area contributed by atoms with Crippen molar-refractivity contribution in [2.24, 2.45) is 0 Å². The second kappa shape index (κ2) is 8.25. The van der Waals surface area contributed by atoms with Gasteiger partial charge in [-0.15, -0.1) is 0 Å². The molecule has 5 heteroatoms. The van der Waals surface area contributed by atoms with Gasteiger partial charge in [0.2, 0.25) is 0 Å². The molecule has 0 spiro atoms. The first-order chi connectivity index (χ1) is 12.6. The fraction of sp³-hybridized carbons (Fsp3) is 0.190. The van der Waals surface area contributed by atoms with Crippen molar-refractivity contribution in [3.8, 4) is 5.75 Å². The Hall–Kier alpha value is -3.21. The summed E-state index contributed by atoms with van der Waals surface area (Å²) in [5.74, 6) is 0.395. The second-order valence-electron chi connectivity index (χ2n) is 6.05. The molecule has 0 unspecified atom stereocenters. The SMILES string of the molecule is C/C(=C\Cc1ccccc1O)NCCNC(=O)c1cc2ccccc2o1. The molecular formula is C21H22N2O3. The number of amides is 1. The fourth-order valence-corrected chi connectivity index (χ4v) is 2.64. The highest BCUT2D eigenvalue weighted by atomic mass is 16.3. The first kappa shape index (κ1) is 17.6. The molecule has 0 saturated heterocycles. The summed E-state index contributed by atoms with van der Waals surface area (Å²) in [6.45, 7) is 3.05. The number of hydrogen-bond acceptors (Lipinski definition) is 4. The average molecular weight is 350 g/mol. The van der Waals surface area contributed by atoms with E-state index < -0.39 is 0 Å². The minimum Gasteiger partial charge on any atom is -0.508 e. The predicted octanol–water partition coefficient (Wildman–Crippen LogP) is 3.60. The summed E-state index contributed by atoms with van der Waals surface area (Å²) < 4.78 is 5.54. The van der Waals surface area contributed by atoms with E-state index >= 15 is 0 Å². The number of carbonyl (C=O) groups is 1. The van der Waals surface area contributed by atoms with E-state index in [1.807, 2.05) is 49.4 Å². The molecule has 134 valence electrons. The lowest BCUT2D eigenvalue weighted by Gasteiger charge is -2.08. The third-order valence-electron chi connectivity index (χ3n) is 4.08. The zero-order chi connectivity index (χ0) is 18.4. The zero-order valence-corrected chi connectivity index (χ0v) is 14.7. The second-order valence-corrected chi connectivity index (χ2v) is 6.05. The van der Waals surface area contributed by atoms with Crippen molar-refractivity contribution in [3.63, 3.8) is 0 Å². The molecule has 5 nitrogen and oxygen atoms in total. The van der Waals surface area contributed by atoms with E-state index in [1.54, 1.807) is 18.2 Å². The van der Waals surface area contributed by atoms with Crippen molar-refractivity contribution in [1.29, 1.82) is 0 Å². The third kappa shape index (κ3) is 4.45. The van der Waals surface area contributed by atoms with Gasteiger partial charge in [0.1, 0.15) is 11.3 Å². The maximum absolute atomic E-state index is 12.1. The van der Waals surface area contributed by atoms with Crippen LogP contribution in [0.15, 0.2) is 70.8 Å². The summed E-state index contributed by atoms with van der Waals surface area (Å²) in [4.78, 5) is 12.1. The van der Waals surface area contributed by atoms with Crippen LogP contribution in [0.4, 0.5) is 0 Å². The number of furan rings is 1. The molecule has 1 amide bonds. The molecule has 1 aromatic heterocycles. The van der Waals surface area contributed by atoms with Crippen molar-refractivity contribution in [1.82, 2.24) is 10.6 Å². The average Bonchev–Trinajstić information content (AvgIpc) is 3.09. The molecule has 0 aliphatic heterocycles. The molecular weight excluding hydrogens is 328 g/mol. The number of allylic oxidation sites excluding steroid dienone is 2. The van der Waals surface area contributed by atoms with Crippen LogP contribution >= 0.6 is 0 Å². The van der Waals surface area contributed by atoms with Gasteiger partial charge in [-0.25, -0.2) is 0 Å². The van der Waals surface area contributed by atoms with Crippen LogP contribution in [0.2, 0.25) is 0 Å². The van der Waals surface area contributed by atoms with Gasteiger partial charge in [-0.2, -0.15) is 0 Å². The Kier molecular flexibility index (Phi) is 5.59. The van der Waals surface area contributed by atoms with Gasteiger partial charge >= 0.3 is 0 Å². The maximum atomic E-state index is 12.1. The van der Waals surface area contributed by atoms with Gasteiger partial charge in [0, 0.05) is 24.2 Å². The van der Waals surface area contributed by atoms with Crippen molar-refractivity contribution in [2.45, 2.75) is 13.3 Å². The van der Waals surface area contributed by atoms with Crippen LogP contribution in [0.5, 0.6) is 5.75 Å². The van der Waals surface area contributed by atoms with Gasteiger partial charge in [0.05, 0.1) is 0 Å². The highest BCUT2D eigenvalue weighted by Gasteiger charge is 2.11. The molecule has 0 aliphatic carbocycles. The first-order valence-corrected chi connectivity index (χ1v) is 8.58. The van der Waals surface area contributed by atoms with Crippen LogP contribution in [0.1, 0.15) is 23.0 Å². The van der Waals surface area contributed by atoms with E-state index in [9.17, 15) is 9.90 Å².